The van der Waals surface area contributed by atoms with E-state index in [1.165, 1.54) is 6.20 Å². The van der Waals surface area contributed by atoms with E-state index in [-0.39, 0.29) is 34.7 Å². The van der Waals surface area contributed by atoms with Crippen LogP contribution in [0.4, 0.5) is 23.2 Å². The molecule has 46 heavy (non-hydrogen) atoms. The summed E-state index contributed by atoms with van der Waals surface area (Å²) in [4.78, 5) is 24.9. The van der Waals surface area contributed by atoms with Crippen LogP contribution in [0.2, 0.25) is 0 Å². The minimum Gasteiger partial charge on any atom is -0.339 e. The fourth-order valence-electron chi connectivity index (χ4n) is 9.00. The summed E-state index contributed by atoms with van der Waals surface area (Å²) in [5, 5.41) is 8.25. The Hall–Kier alpha value is -3.83. The summed E-state index contributed by atoms with van der Waals surface area (Å²) in [7, 11) is 0. The number of pyridine rings is 1. The molecule has 7 aliphatic rings. The maximum absolute atomic E-state index is 14.7. The van der Waals surface area contributed by atoms with Crippen LogP contribution in [0.25, 0.3) is 16.8 Å². The van der Waals surface area contributed by atoms with Gasteiger partial charge >= 0.3 is 6.18 Å². The Bertz CT molecular complexity index is 1830. The van der Waals surface area contributed by atoms with Gasteiger partial charge < -0.3 is 9.42 Å². The van der Waals surface area contributed by atoms with Crippen molar-refractivity contribution >= 4 is 17.2 Å². The highest BCUT2D eigenvalue weighted by atomic mass is 19.4. The summed E-state index contributed by atoms with van der Waals surface area (Å²) in [5.74, 6) is 1.88. The monoisotopic (exact) mass is 634 g/mol. The van der Waals surface area contributed by atoms with Gasteiger partial charge in [0.2, 0.25) is 11.8 Å². The molecule has 8 nitrogen and oxygen atoms in total. The van der Waals surface area contributed by atoms with Crippen molar-refractivity contribution in [2.24, 2.45) is 16.7 Å². The standard InChI is InChI=1S/C34H34F4N6O2/c35-26-16-33(14-23(26)15-33)30(45)43(18-31-6-9-32(10-7-31,11-8-31)29-41-27(42-46-29)20-4-5-20)24-3-1-2-21(12-24)22-13-25(34(36,37)38)28-39-19-40-44(28)17-22/h1-3,12-13,17,19-20,23,26H,4-11,14-16,18H2. The molecule has 240 valence electrons. The third-order valence-electron chi connectivity index (χ3n) is 12.0. The van der Waals surface area contributed by atoms with Gasteiger partial charge in [0.15, 0.2) is 11.5 Å². The van der Waals surface area contributed by atoms with Crippen molar-refractivity contribution in [3.05, 3.63) is 60.1 Å². The molecule has 3 heterocycles. The van der Waals surface area contributed by atoms with Gasteiger partial charge in [-0.25, -0.2) is 13.9 Å². The van der Waals surface area contributed by atoms with Crippen LogP contribution in [0.15, 0.2) is 47.4 Å². The fourth-order valence-corrected chi connectivity index (χ4v) is 9.00. The third-order valence-corrected chi connectivity index (χ3v) is 12.0. The van der Waals surface area contributed by atoms with E-state index < -0.39 is 23.3 Å². The average molecular weight is 635 g/mol. The van der Waals surface area contributed by atoms with Gasteiger partial charge in [-0.1, -0.05) is 17.3 Å². The quantitative estimate of drug-likeness (QED) is 0.196. The number of carbonyl (C=O) groups is 1. The Morgan fingerprint density at radius 2 is 1.78 bits per heavy atom. The number of aromatic nitrogens is 5. The first-order valence-corrected chi connectivity index (χ1v) is 16.4. The Morgan fingerprint density at radius 3 is 2.46 bits per heavy atom. The van der Waals surface area contributed by atoms with Crippen LogP contribution in [-0.2, 0) is 16.4 Å². The number of benzene rings is 1. The smallest absolute Gasteiger partial charge is 0.339 e. The lowest BCUT2D eigenvalue weighted by Crippen LogP contribution is -2.54. The lowest BCUT2D eigenvalue weighted by Gasteiger charge is -2.54. The number of hydrogen-bond acceptors (Lipinski definition) is 6. The molecular weight excluding hydrogens is 600 g/mol. The highest BCUT2D eigenvalue weighted by Gasteiger charge is 2.62. The number of nitrogens with zero attached hydrogens (tertiary/aromatic N) is 6. The van der Waals surface area contributed by atoms with Gasteiger partial charge in [0.05, 0.1) is 5.41 Å². The summed E-state index contributed by atoms with van der Waals surface area (Å²) < 4.78 is 63.7. The maximum atomic E-state index is 14.7. The number of hydrogen-bond donors (Lipinski definition) is 0. The zero-order valence-corrected chi connectivity index (χ0v) is 25.3. The second kappa shape index (κ2) is 9.60. The SMILES string of the molecule is O=C(N(CC12CCC(c3nc(C4CC4)no3)(CC1)CC2)c1cccc(-c2cc(C(F)(F)F)c3ncnn3c2)c1)C12CC(F)C(C1)C2. The second-order valence-electron chi connectivity index (χ2n) is 14.8. The molecule has 0 aliphatic heterocycles. The number of amides is 1. The molecule has 0 N–H and O–H groups in total. The molecule has 4 aromatic rings. The van der Waals surface area contributed by atoms with Crippen molar-refractivity contribution in [1.82, 2.24) is 24.7 Å². The predicted octanol–water partition coefficient (Wildman–Crippen LogP) is 7.44. The van der Waals surface area contributed by atoms with Crippen molar-refractivity contribution in [3.63, 3.8) is 0 Å². The Morgan fingerprint density at radius 1 is 1.02 bits per heavy atom. The molecule has 4 bridgehead atoms. The number of fused-ring (bicyclic) bond motifs is 5. The van der Waals surface area contributed by atoms with E-state index in [0.717, 1.165) is 80.0 Å². The molecule has 7 saturated carbocycles. The molecule has 0 radical (unpaired) electrons. The van der Waals surface area contributed by atoms with Gasteiger partial charge in [0.1, 0.15) is 18.1 Å². The first-order valence-electron chi connectivity index (χ1n) is 16.4. The number of alkyl halides is 4. The highest BCUT2D eigenvalue weighted by molar-refractivity contribution is 5.99. The topological polar surface area (TPSA) is 89.4 Å². The Labute approximate surface area is 262 Å². The van der Waals surface area contributed by atoms with Gasteiger partial charge in [-0.15, -0.1) is 0 Å². The van der Waals surface area contributed by atoms with Crippen LogP contribution in [0.3, 0.4) is 0 Å². The normalized spacial score (nSPS) is 31.7. The van der Waals surface area contributed by atoms with E-state index in [2.05, 4.69) is 15.2 Å². The van der Waals surface area contributed by atoms with E-state index in [4.69, 9.17) is 9.51 Å². The Kier molecular flexibility index (Phi) is 5.93. The number of halogens is 4. The van der Waals surface area contributed by atoms with E-state index in [9.17, 15) is 22.4 Å². The summed E-state index contributed by atoms with van der Waals surface area (Å²) in [6.07, 6.45) is 6.02. The molecule has 1 atom stereocenters. The van der Waals surface area contributed by atoms with Crippen LogP contribution in [0.5, 0.6) is 0 Å². The van der Waals surface area contributed by atoms with Crippen molar-refractivity contribution in [3.8, 4) is 11.1 Å². The van der Waals surface area contributed by atoms with Gasteiger partial charge in [-0.05, 0) is 106 Å². The molecule has 7 aliphatic carbocycles. The van der Waals surface area contributed by atoms with Crippen LogP contribution in [0.1, 0.15) is 93.8 Å². The minimum atomic E-state index is -4.62. The van der Waals surface area contributed by atoms with Gasteiger partial charge in [0, 0.05) is 35.3 Å². The van der Waals surface area contributed by atoms with Gasteiger partial charge in [-0.2, -0.15) is 23.3 Å². The van der Waals surface area contributed by atoms with Crippen molar-refractivity contribution in [2.45, 2.75) is 94.3 Å². The molecule has 0 spiro atoms. The predicted molar refractivity (Wildman–Crippen MR) is 159 cm³/mol. The summed E-state index contributed by atoms with van der Waals surface area (Å²) in [5.41, 5.74) is -0.633. The number of anilines is 1. The molecule has 1 aromatic carbocycles. The van der Waals surface area contributed by atoms with Crippen LogP contribution < -0.4 is 4.90 Å². The molecule has 1 amide bonds. The molecule has 11 rings (SSSR count). The van der Waals surface area contributed by atoms with Crippen LogP contribution >= 0.6 is 0 Å². The van der Waals surface area contributed by atoms with Crippen LogP contribution in [-0.4, -0.2) is 43.4 Å². The van der Waals surface area contributed by atoms with Crippen molar-refractivity contribution in [1.29, 1.82) is 0 Å². The Balaban J connectivity index is 1.05. The fraction of sp³-hybridized carbons (Fsp3) is 0.559. The second-order valence-corrected chi connectivity index (χ2v) is 14.8. The summed E-state index contributed by atoms with van der Waals surface area (Å²) in [6, 6.07) is 8.23. The summed E-state index contributed by atoms with van der Waals surface area (Å²) >= 11 is 0. The maximum Gasteiger partial charge on any atom is 0.420 e. The molecule has 3 aromatic heterocycles. The molecule has 7 fully saturated rings. The van der Waals surface area contributed by atoms with Crippen molar-refractivity contribution < 1.29 is 26.9 Å². The molecular formula is C34H34F4N6O2. The first kappa shape index (κ1) is 28.4. The van der Waals surface area contributed by atoms with Crippen molar-refractivity contribution in [2.75, 3.05) is 11.4 Å². The zero-order valence-electron chi connectivity index (χ0n) is 25.3. The summed E-state index contributed by atoms with van der Waals surface area (Å²) in [6.45, 7) is 0.488. The average Bonchev–Trinajstić information content (AvgIpc) is 3.35. The first-order chi connectivity index (χ1) is 22.1. The van der Waals surface area contributed by atoms with E-state index >= 15 is 0 Å². The largest absolute Gasteiger partial charge is 0.420 e. The number of rotatable bonds is 7. The third kappa shape index (κ3) is 4.34. The van der Waals surface area contributed by atoms with E-state index in [0.29, 0.717) is 42.1 Å². The lowest BCUT2D eigenvalue weighted by atomic mass is 9.53. The highest BCUT2D eigenvalue weighted by Crippen LogP contribution is 2.62. The van der Waals surface area contributed by atoms with E-state index in [1.807, 2.05) is 11.0 Å². The molecule has 0 saturated heterocycles. The number of carbonyl (C=O) groups excluding carboxylic acids is 1. The lowest BCUT2D eigenvalue weighted by molar-refractivity contribution is -0.136. The minimum absolute atomic E-state index is 0.0634. The van der Waals surface area contributed by atoms with Gasteiger partial charge in [-0.3, -0.25) is 4.79 Å². The zero-order chi connectivity index (χ0) is 31.5. The van der Waals surface area contributed by atoms with E-state index in [1.54, 1.807) is 18.2 Å². The molecule has 1 unspecified atom stereocenters. The van der Waals surface area contributed by atoms with Gasteiger partial charge in [0.25, 0.3) is 0 Å². The molecule has 12 heteroatoms. The van der Waals surface area contributed by atoms with Crippen LogP contribution in [0, 0.1) is 16.7 Å².